The van der Waals surface area contributed by atoms with Gasteiger partial charge in [-0.05, 0) is 25.1 Å². The Hall–Kier alpha value is -2.39. The fourth-order valence-electron chi connectivity index (χ4n) is 1.43. The second-order valence-electron chi connectivity index (χ2n) is 3.87. The number of rotatable bonds is 3. The van der Waals surface area contributed by atoms with Crippen molar-refractivity contribution in [2.75, 3.05) is 13.7 Å². The lowest BCUT2D eigenvalue weighted by Crippen LogP contribution is -2.39. The number of aliphatic hydroxyl groups excluding tert-OH is 1. The summed E-state index contributed by atoms with van der Waals surface area (Å²) in [5.41, 5.74) is 0.143. The monoisotopic (exact) mass is 279 g/mol. The van der Waals surface area contributed by atoms with Crippen LogP contribution in [0.25, 0.3) is 0 Å². The first kappa shape index (κ1) is 15.7. The van der Waals surface area contributed by atoms with E-state index in [0.29, 0.717) is 5.56 Å². The van der Waals surface area contributed by atoms with Gasteiger partial charge in [0.15, 0.2) is 0 Å². The number of hydrogen-bond acceptors (Lipinski definition) is 4. The van der Waals surface area contributed by atoms with Crippen LogP contribution in [0, 0.1) is 17.7 Å². The normalized spacial score (nSPS) is 11.0. The molecule has 1 aromatic carbocycles. The van der Waals surface area contributed by atoms with Crippen molar-refractivity contribution in [1.82, 2.24) is 5.32 Å². The number of hydrogen-bond donors (Lipinski definition) is 2. The number of aliphatic hydroxyl groups is 1. The predicted molar refractivity (Wildman–Crippen MR) is 69.3 cm³/mol. The van der Waals surface area contributed by atoms with Crippen molar-refractivity contribution in [2.45, 2.75) is 13.0 Å². The number of nitrogens with one attached hydrogen (secondary N) is 1. The van der Waals surface area contributed by atoms with Gasteiger partial charge >= 0.3 is 5.97 Å². The molecule has 1 unspecified atom stereocenters. The number of carbonyl (C=O) groups is 2. The second kappa shape index (κ2) is 7.26. The number of halogens is 1. The van der Waals surface area contributed by atoms with E-state index in [1.165, 1.54) is 26.2 Å². The molecule has 0 aliphatic heterocycles. The summed E-state index contributed by atoms with van der Waals surface area (Å²) < 4.78 is 18.2. The Bertz CT molecular complexity index is 574. The highest BCUT2D eigenvalue weighted by molar-refractivity contribution is 5.97. The molecule has 1 aromatic rings. The van der Waals surface area contributed by atoms with E-state index >= 15 is 0 Å². The Morgan fingerprint density at radius 1 is 1.50 bits per heavy atom. The predicted octanol–water partition coefficient (Wildman–Crippen LogP) is 0.461. The fraction of sp³-hybridized carbons (Fsp3) is 0.286. The lowest BCUT2D eigenvalue weighted by Gasteiger charge is -2.11. The summed E-state index contributed by atoms with van der Waals surface area (Å²) in [6, 6.07) is 2.92. The van der Waals surface area contributed by atoms with Crippen LogP contribution in [-0.4, -0.2) is 36.7 Å². The SMILES string of the molecule is COC(=O)C(C)NC(=O)c1ccc(C#CCO)cc1F. The van der Waals surface area contributed by atoms with Crippen molar-refractivity contribution in [2.24, 2.45) is 0 Å². The van der Waals surface area contributed by atoms with E-state index in [4.69, 9.17) is 5.11 Å². The van der Waals surface area contributed by atoms with E-state index in [1.54, 1.807) is 0 Å². The molecule has 0 radical (unpaired) electrons. The molecule has 5 nitrogen and oxygen atoms in total. The van der Waals surface area contributed by atoms with Crippen LogP contribution in [0.15, 0.2) is 18.2 Å². The van der Waals surface area contributed by atoms with Gasteiger partial charge in [0.2, 0.25) is 0 Å². The molecule has 0 heterocycles. The van der Waals surface area contributed by atoms with Crippen molar-refractivity contribution >= 4 is 11.9 Å². The highest BCUT2D eigenvalue weighted by Gasteiger charge is 2.19. The lowest BCUT2D eigenvalue weighted by atomic mass is 10.1. The van der Waals surface area contributed by atoms with Gasteiger partial charge in [-0.2, -0.15) is 0 Å². The van der Waals surface area contributed by atoms with Crippen LogP contribution in [0.2, 0.25) is 0 Å². The van der Waals surface area contributed by atoms with Gasteiger partial charge in [-0.25, -0.2) is 9.18 Å². The maximum absolute atomic E-state index is 13.8. The zero-order chi connectivity index (χ0) is 15.1. The second-order valence-corrected chi connectivity index (χ2v) is 3.87. The Labute approximate surface area is 115 Å². The molecular weight excluding hydrogens is 265 g/mol. The quantitative estimate of drug-likeness (QED) is 0.622. The van der Waals surface area contributed by atoms with Crippen LogP contribution in [0.4, 0.5) is 4.39 Å². The zero-order valence-electron chi connectivity index (χ0n) is 11.1. The lowest BCUT2D eigenvalue weighted by molar-refractivity contribution is -0.142. The standard InChI is InChI=1S/C14H14FNO4/c1-9(14(19)20-2)16-13(18)11-6-5-10(4-3-7-17)8-12(11)15/h5-6,8-9,17H,7H2,1-2H3,(H,16,18). The number of carbonyl (C=O) groups excluding carboxylic acids is 2. The van der Waals surface area contributed by atoms with E-state index in [0.717, 1.165) is 6.07 Å². The first-order valence-corrected chi connectivity index (χ1v) is 5.77. The highest BCUT2D eigenvalue weighted by Crippen LogP contribution is 2.10. The average Bonchev–Trinajstić information content (AvgIpc) is 2.43. The van der Waals surface area contributed by atoms with Crippen molar-refractivity contribution in [3.63, 3.8) is 0 Å². The molecule has 0 spiro atoms. The molecule has 1 amide bonds. The van der Waals surface area contributed by atoms with Gasteiger partial charge in [-0.15, -0.1) is 0 Å². The van der Waals surface area contributed by atoms with Crippen molar-refractivity contribution in [1.29, 1.82) is 0 Å². The molecule has 0 saturated carbocycles. The summed E-state index contributed by atoms with van der Waals surface area (Å²) in [5, 5.41) is 10.9. The molecule has 0 saturated heterocycles. The third kappa shape index (κ3) is 4.07. The fourth-order valence-corrected chi connectivity index (χ4v) is 1.43. The van der Waals surface area contributed by atoms with Crippen LogP contribution in [0.1, 0.15) is 22.8 Å². The first-order chi connectivity index (χ1) is 9.49. The largest absolute Gasteiger partial charge is 0.467 e. The molecule has 0 aliphatic carbocycles. The first-order valence-electron chi connectivity index (χ1n) is 5.77. The smallest absolute Gasteiger partial charge is 0.328 e. The summed E-state index contributed by atoms with van der Waals surface area (Å²) in [4.78, 5) is 22.9. The third-order valence-electron chi connectivity index (χ3n) is 2.43. The van der Waals surface area contributed by atoms with Crippen LogP contribution in [0.5, 0.6) is 0 Å². The summed E-state index contributed by atoms with van der Waals surface area (Å²) >= 11 is 0. The number of methoxy groups -OCH3 is 1. The van der Waals surface area contributed by atoms with Gasteiger partial charge in [-0.1, -0.05) is 11.8 Å². The zero-order valence-corrected chi connectivity index (χ0v) is 11.1. The minimum atomic E-state index is -0.874. The molecule has 1 atom stereocenters. The number of esters is 1. The van der Waals surface area contributed by atoms with Crippen LogP contribution >= 0.6 is 0 Å². The van der Waals surface area contributed by atoms with Crippen LogP contribution in [0.3, 0.4) is 0 Å². The molecule has 1 rings (SSSR count). The van der Waals surface area contributed by atoms with Crippen LogP contribution in [-0.2, 0) is 9.53 Å². The van der Waals surface area contributed by atoms with E-state index in [9.17, 15) is 14.0 Å². The molecular formula is C14H14FNO4. The molecule has 0 fully saturated rings. The average molecular weight is 279 g/mol. The highest BCUT2D eigenvalue weighted by atomic mass is 19.1. The van der Waals surface area contributed by atoms with E-state index in [2.05, 4.69) is 21.9 Å². The molecule has 2 N–H and O–H groups in total. The Balaban J connectivity index is 2.86. The van der Waals surface area contributed by atoms with Gasteiger partial charge in [0.05, 0.1) is 12.7 Å². The molecule has 20 heavy (non-hydrogen) atoms. The Morgan fingerprint density at radius 3 is 2.75 bits per heavy atom. The van der Waals surface area contributed by atoms with Crippen LogP contribution < -0.4 is 5.32 Å². The van der Waals surface area contributed by atoms with Gasteiger partial charge in [-0.3, -0.25) is 4.79 Å². The van der Waals surface area contributed by atoms with E-state index in [1.807, 2.05) is 0 Å². The Morgan fingerprint density at radius 2 is 2.20 bits per heavy atom. The van der Waals surface area contributed by atoms with E-state index < -0.39 is 23.7 Å². The maximum atomic E-state index is 13.8. The minimum absolute atomic E-state index is 0.199. The van der Waals surface area contributed by atoms with E-state index in [-0.39, 0.29) is 12.2 Å². The summed E-state index contributed by atoms with van der Waals surface area (Å²) in [5.74, 6) is 2.79. The van der Waals surface area contributed by atoms with Gasteiger partial charge in [0, 0.05) is 5.56 Å². The van der Waals surface area contributed by atoms with Gasteiger partial charge < -0.3 is 15.2 Å². The van der Waals surface area contributed by atoms with Crippen molar-refractivity contribution in [3.05, 3.63) is 35.1 Å². The minimum Gasteiger partial charge on any atom is -0.467 e. The third-order valence-corrected chi connectivity index (χ3v) is 2.43. The van der Waals surface area contributed by atoms with Gasteiger partial charge in [0.1, 0.15) is 18.5 Å². The molecule has 6 heteroatoms. The summed E-state index contributed by atoms with van der Waals surface area (Å²) in [7, 11) is 1.19. The van der Waals surface area contributed by atoms with Crippen molar-refractivity contribution in [3.8, 4) is 11.8 Å². The summed E-state index contributed by atoms with van der Waals surface area (Å²) in [6.45, 7) is 1.10. The maximum Gasteiger partial charge on any atom is 0.328 e. The molecule has 0 bridgehead atoms. The summed E-state index contributed by atoms with van der Waals surface area (Å²) in [6.07, 6.45) is 0. The topological polar surface area (TPSA) is 75.6 Å². The number of amides is 1. The van der Waals surface area contributed by atoms with Gasteiger partial charge in [0.25, 0.3) is 5.91 Å². The number of benzene rings is 1. The van der Waals surface area contributed by atoms with Crippen molar-refractivity contribution < 1.29 is 23.8 Å². The molecule has 0 aliphatic rings. The number of ether oxygens (including phenoxy) is 1. The molecule has 106 valence electrons. The molecule has 0 aromatic heterocycles. The Kier molecular flexibility index (Phi) is 5.69.